The molecular weight excluding hydrogens is 450 g/mol. The molecular formula is C22H30ClN5O3S. The first-order valence-electron chi connectivity index (χ1n) is 11.0. The number of nitrogens with zero attached hydrogens (tertiary/aromatic N) is 4. The van der Waals surface area contributed by atoms with Crippen molar-refractivity contribution in [1.29, 1.82) is 0 Å². The standard InChI is InChI=1S/C22H30ClN5O3S/c1-22(2,3)20(29)28-19(24-14-15-6-7-18(23)32-15)13-16(25-28)17-5-4-8-27(17)21(30)26-9-11-31-12-10-26/h6-7,13,17,24H,4-5,8-12,14H2,1-3H3. The summed E-state index contributed by atoms with van der Waals surface area (Å²) in [6, 6.07) is 5.62. The van der Waals surface area contributed by atoms with E-state index >= 15 is 0 Å². The van der Waals surface area contributed by atoms with Crippen molar-refractivity contribution >= 4 is 40.7 Å². The van der Waals surface area contributed by atoms with E-state index in [0.717, 1.165) is 27.7 Å². The summed E-state index contributed by atoms with van der Waals surface area (Å²) in [6.45, 7) is 9.22. The van der Waals surface area contributed by atoms with Gasteiger partial charge in [0.2, 0.25) is 0 Å². The van der Waals surface area contributed by atoms with Gasteiger partial charge in [-0.3, -0.25) is 4.79 Å². The lowest BCUT2D eigenvalue weighted by molar-refractivity contribution is 0.0420. The van der Waals surface area contributed by atoms with Gasteiger partial charge in [-0.05, 0) is 25.0 Å². The number of likely N-dealkylation sites (tertiary alicyclic amines) is 1. The number of thiophene rings is 1. The Morgan fingerprint density at radius 1 is 1.25 bits per heavy atom. The Morgan fingerprint density at radius 3 is 2.66 bits per heavy atom. The summed E-state index contributed by atoms with van der Waals surface area (Å²) < 4.78 is 7.57. The van der Waals surface area contributed by atoms with Crippen LogP contribution >= 0.6 is 22.9 Å². The number of halogens is 1. The highest BCUT2D eigenvalue weighted by Crippen LogP contribution is 2.34. The monoisotopic (exact) mass is 479 g/mol. The maximum atomic E-state index is 13.2. The van der Waals surface area contributed by atoms with Crippen molar-refractivity contribution in [2.75, 3.05) is 38.2 Å². The fraction of sp³-hybridized carbons (Fsp3) is 0.591. The molecule has 1 unspecified atom stereocenters. The summed E-state index contributed by atoms with van der Waals surface area (Å²) in [5, 5.41) is 8.05. The number of anilines is 1. The Hall–Kier alpha value is -2.10. The highest BCUT2D eigenvalue weighted by molar-refractivity contribution is 7.16. The van der Waals surface area contributed by atoms with Gasteiger partial charge in [-0.1, -0.05) is 32.4 Å². The molecule has 2 amide bonds. The van der Waals surface area contributed by atoms with E-state index in [1.807, 2.05) is 48.8 Å². The quantitative estimate of drug-likeness (QED) is 0.699. The Kier molecular flexibility index (Phi) is 6.78. The van der Waals surface area contributed by atoms with Gasteiger partial charge in [-0.2, -0.15) is 9.78 Å². The van der Waals surface area contributed by atoms with Gasteiger partial charge in [-0.25, -0.2) is 4.79 Å². The number of rotatable bonds is 4. The Bertz CT molecular complexity index is 977. The summed E-state index contributed by atoms with van der Waals surface area (Å²) in [6.07, 6.45) is 1.74. The number of ether oxygens (including phenoxy) is 1. The molecule has 4 rings (SSSR count). The van der Waals surface area contributed by atoms with E-state index in [9.17, 15) is 9.59 Å². The molecule has 0 radical (unpaired) electrons. The molecule has 10 heteroatoms. The van der Waals surface area contributed by atoms with Crippen molar-refractivity contribution in [3.05, 3.63) is 33.1 Å². The Morgan fingerprint density at radius 2 is 2.00 bits per heavy atom. The summed E-state index contributed by atoms with van der Waals surface area (Å²) in [7, 11) is 0. The van der Waals surface area contributed by atoms with Crippen molar-refractivity contribution in [2.45, 2.75) is 46.2 Å². The molecule has 2 saturated heterocycles. The Labute approximate surface area is 197 Å². The molecule has 2 fully saturated rings. The summed E-state index contributed by atoms with van der Waals surface area (Å²) in [5.41, 5.74) is 0.152. The first-order chi connectivity index (χ1) is 15.2. The number of carbonyl (C=O) groups is 2. The van der Waals surface area contributed by atoms with E-state index in [1.54, 1.807) is 0 Å². The minimum Gasteiger partial charge on any atom is -0.378 e. The van der Waals surface area contributed by atoms with Gasteiger partial charge in [0.15, 0.2) is 0 Å². The summed E-state index contributed by atoms with van der Waals surface area (Å²) in [5.74, 6) is 0.537. The summed E-state index contributed by atoms with van der Waals surface area (Å²) in [4.78, 5) is 31.1. The maximum Gasteiger partial charge on any atom is 0.320 e. The molecule has 2 aliphatic rings. The van der Waals surface area contributed by atoms with Crippen LogP contribution in [0.5, 0.6) is 0 Å². The number of nitrogens with one attached hydrogen (secondary N) is 1. The third-order valence-electron chi connectivity index (χ3n) is 5.76. The van der Waals surface area contributed by atoms with E-state index in [-0.39, 0.29) is 18.0 Å². The molecule has 0 aromatic carbocycles. The smallest absolute Gasteiger partial charge is 0.320 e. The second kappa shape index (κ2) is 9.41. The van der Waals surface area contributed by atoms with Gasteiger partial charge in [0, 0.05) is 36.0 Å². The van der Waals surface area contributed by atoms with Crippen LogP contribution in [0.25, 0.3) is 0 Å². The molecule has 0 bridgehead atoms. The van der Waals surface area contributed by atoms with Gasteiger partial charge >= 0.3 is 6.03 Å². The predicted molar refractivity (Wildman–Crippen MR) is 125 cm³/mol. The van der Waals surface area contributed by atoms with Crippen LogP contribution in [-0.4, -0.2) is 64.4 Å². The van der Waals surface area contributed by atoms with Crippen LogP contribution in [0.3, 0.4) is 0 Å². The van der Waals surface area contributed by atoms with E-state index in [0.29, 0.717) is 45.2 Å². The van der Waals surface area contributed by atoms with E-state index in [2.05, 4.69) is 5.32 Å². The minimum absolute atomic E-state index is 0.0234. The number of hydrogen-bond acceptors (Lipinski definition) is 6. The molecule has 1 atom stereocenters. The number of aromatic nitrogens is 2. The third kappa shape index (κ3) is 4.94. The molecule has 2 aromatic heterocycles. The number of carbonyl (C=O) groups excluding carboxylic acids is 2. The van der Waals surface area contributed by atoms with Crippen LogP contribution in [0.2, 0.25) is 4.34 Å². The summed E-state index contributed by atoms with van der Waals surface area (Å²) >= 11 is 7.55. The highest BCUT2D eigenvalue weighted by Gasteiger charge is 2.36. The first kappa shape index (κ1) is 23.1. The average molecular weight is 480 g/mol. The second-order valence-electron chi connectivity index (χ2n) is 9.21. The van der Waals surface area contributed by atoms with Crippen LogP contribution in [0.4, 0.5) is 10.6 Å². The Balaban J connectivity index is 1.59. The van der Waals surface area contributed by atoms with Crippen LogP contribution in [-0.2, 0) is 11.3 Å². The molecule has 8 nitrogen and oxygen atoms in total. The van der Waals surface area contributed by atoms with Crippen LogP contribution in [0.1, 0.15) is 55.0 Å². The maximum absolute atomic E-state index is 13.2. The fourth-order valence-electron chi connectivity index (χ4n) is 4.02. The molecule has 174 valence electrons. The lowest BCUT2D eigenvalue weighted by Gasteiger charge is -2.33. The number of amides is 2. The van der Waals surface area contributed by atoms with Crippen molar-refractivity contribution in [1.82, 2.24) is 19.6 Å². The van der Waals surface area contributed by atoms with Gasteiger partial charge in [0.25, 0.3) is 5.91 Å². The number of urea groups is 1. The van der Waals surface area contributed by atoms with Gasteiger partial charge in [-0.15, -0.1) is 11.3 Å². The first-order valence-corrected chi connectivity index (χ1v) is 12.2. The van der Waals surface area contributed by atoms with Crippen molar-refractivity contribution < 1.29 is 14.3 Å². The molecule has 0 saturated carbocycles. The number of hydrogen-bond donors (Lipinski definition) is 1. The third-order valence-corrected chi connectivity index (χ3v) is 6.99. The van der Waals surface area contributed by atoms with Crippen molar-refractivity contribution in [2.24, 2.45) is 5.41 Å². The molecule has 2 aliphatic heterocycles. The second-order valence-corrected chi connectivity index (χ2v) is 11.0. The zero-order valence-electron chi connectivity index (χ0n) is 18.8. The minimum atomic E-state index is -0.592. The van der Waals surface area contributed by atoms with Crippen LogP contribution < -0.4 is 5.32 Å². The number of morpholine rings is 1. The molecule has 32 heavy (non-hydrogen) atoms. The van der Waals surface area contributed by atoms with Gasteiger partial charge in [0.1, 0.15) is 5.82 Å². The molecule has 4 heterocycles. The predicted octanol–water partition coefficient (Wildman–Crippen LogP) is 4.49. The average Bonchev–Trinajstić information content (AvgIpc) is 3.50. The fourth-order valence-corrected chi connectivity index (χ4v) is 5.05. The highest BCUT2D eigenvalue weighted by atomic mass is 35.5. The van der Waals surface area contributed by atoms with Crippen molar-refractivity contribution in [3.63, 3.8) is 0 Å². The SMILES string of the molecule is CC(C)(C)C(=O)n1nc(C2CCCN2C(=O)N2CCOCC2)cc1NCc1ccc(Cl)s1. The largest absolute Gasteiger partial charge is 0.378 e. The van der Waals surface area contributed by atoms with E-state index < -0.39 is 5.41 Å². The van der Waals surface area contributed by atoms with E-state index in [4.69, 9.17) is 21.4 Å². The van der Waals surface area contributed by atoms with Crippen LogP contribution in [0, 0.1) is 5.41 Å². The molecule has 1 N–H and O–H groups in total. The van der Waals surface area contributed by atoms with Crippen LogP contribution in [0.15, 0.2) is 18.2 Å². The zero-order valence-corrected chi connectivity index (χ0v) is 20.3. The zero-order chi connectivity index (χ0) is 22.9. The van der Waals surface area contributed by atoms with E-state index in [1.165, 1.54) is 16.0 Å². The van der Waals surface area contributed by atoms with Gasteiger partial charge < -0.3 is 19.9 Å². The molecule has 2 aromatic rings. The molecule has 0 aliphatic carbocycles. The lowest BCUT2D eigenvalue weighted by atomic mass is 9.96. The topological polar surface area (TPSA) is 79.7 Å². The normalized spacial score (nSPS) is 19.4. The molecule has 0 spiro atoms. The van der Waals surface area contributed by atoms with Crippen molar-refractivity contribution in [3.8, 4) is 0 Å². The lowest BCUT2D eigenvalue weighted by Crippen LogP contribution is -2.47. The van der Waals surface area contributed by atoms with Gasteiger partial charge in [0.05, 0.1) is 35.8 Å².